The van der Waals surface area contributed by atoms with Gasteiger partial charge in [0.05, 0.1) is 12.2 Å². The number of nitrogens with zero attached hydrogens (tertiary/aromatic N) is 5. The first-order valence-electron chi connectivity index (χ1n) is 6.39. The van der Waals surface area contributed by atoms with E-state index in [2.05, 4.69) is 20.1 Å². The molecular formula is C14H12ClN5O. The Morgan fingerprint density at radius 2 is 2.19 bits per heavy atom. The van der Waals surface area contributed by atoms with Crippen LogP contribution in [0, 0.1) is 0 Å². The number of halogens is 1. The lowest BCUT2D eigenvalue weighted by molar-refractivity contribution is 0.101. The molecule has 1 atom stereocenters. The van der Waals surface area contributed by atoms with E-state index in [1.54, 1.807) is 17.1 Å². The molecule has 0 aromatic carbocycles. The van der Waals surface area contributed by atoms with Crippen molar-refractivity contribution in [3.63, 3.8) is 0 Å². The van der Waals surface area contributed by atoms with E-state index in [1.165, 1.54) is 13.1 Å². The highest BCUT2D eigenvalue weighted by Gasteiger charge is 2.21. The third-order valence-corrected chi connectivity index (χ3v) is 3.42. The van der Waals surface area contributed by atoms with Gasteiger partial charge in [0.2, 0.25) is 0 Å². The first kappa shape index (κ1) is 13.6. The Hall–Kier alpha value is -2.34. The molecule has 0 saturated carbocycles. The molecule has 0 aliphatic carbocycles. The fraction of sp³-hybridized carbons (Fsp3) is 0.214. The van der Waals surface area contributed by atoms with Crippen molar-refractivity contribution in [2.24, 2.45) is 0 Å². The molecule has 106 valence electrons. The number of hydrogen-bond donors (Lipinski definition) is 0. The molecule has 6 nitrogen and oxygen atoms in total. The fourth-order valence-electron chi connectivity index (χ4n) is 2.16. The average molecular weight is 302 g/mol. The monoisotopic (exact) mass is 301 g/mol. The number of rotatable bonds is 3. The van der Waals surface area contributed by atoms with Gasteiger partial charge in [-0.3, -0.25) is 9.78 Å². The topological polar surface area (TPSA) is 73.6 Å². The van der Waals surface area contributed by atoms with Crippen molar-refractivity contribution in [3.05, 3.63) is 47.1 Å². The Labute approximate surface area is 125 Å². The maximum Gasteiger partial charge on any atom is 0.182 e. The summed E-state index contributed by atoms with van der Waals surface area (Å²) in [6.07, 6.45) is 4.87. The standard InChI is InChI=1S/C14H12ClN5O/c1-8(10-4-3-5-16-6-10)20-14-13(12(19-20)9(2)21)17-7-11(15)18-14/h3-8H,1-2H3/t8-/m0/s1. The van der Waals surface area contributed by atoms with Crippen LogP contribution in [0.15, 0.2) is 30.7 Å². The van der Waals surface area contributed by atoms with Crippen LogP contribution in [0.25, 0.3) is 11.2 Å². The zero-order chi connectivity index (χ0) is 15.0. The van der Waals surface area contributed by atoms with E-state index >= 15 is 0 Å². The van der Waals surface area contributed by atoms with Gasteiger partial charge >= 0.3 is 0 Å². The lowest BCUT2D eigenvalue weighted by Crippen LogP contribution is -2.10. The molecule has 0 spiro atoms. The summed E-state index contributed by atoms with van der Waals surface area (Å²) in [7, 11) is 0. The minimum Gasteiger partial charge on any atom is -0.293 e. The Balaban J connectivity index is 2.22. The molecule has 0 saturated heterocycles. The third kappa shape index (κ3) is 2.38. The molecule has 3 aromatic rings. The highest BCUT2D eigenvalue weighted by Crippen LogP contribution is 2.24. The van der Waals surface area contributed by atoms with Gasteiger partial charge in [-0.05, 0) is 18.6 Å². The van der Waals surface area contributed by atoms with Crippen LogP contribution in [0.4, 0.5) is 0 Å². The van der Waals surface area contributed by atoms with Crippen molar-refractivity contribution in [3.8, 4) is 0 Å². The van der Waals surface area contributed by atoms with Gasteiger partial charge in [0.25, 0.3) is 0 Å². The Bertz CT molecular complexity index is 815. The highest BCUT2D eigenvalue weighted by atomic mass is 35.5. The number of hydrogen-bond acceptors (Lipinski definition) is 5. The van der Waals surface area contributed by atoms with Crippen molar-refractivity contribution >= 4 is 28.5 Å². The van der Waals surface area contributed by atoms with Crippen LogP contribution < -0.4 is 0 Å². The van der Waals surface area contributed by atoms with E-state index in [0.29, 0.717) is 16.9 Å². The summed E-state index contributed by atoms with van der Waals surface area (Å²) < 4.78 is 1.65. The molecule has 3 heterocycles. The van der Waals surface area contributed by atoms with Crippen LogP contribution in [-0.4, -0.2) is 30.5 Å². The first-order chi connectivity index (χ1) is 10.1. The quantitative estimate of drug-likeness (QED) is 0.695. The minimum absolute atomic E-state index is 0.137. The number of pyridine rings is 1. The summed E-state index contributed by atoms with van der Waals surface area (Å²) in [5.41, 5.74) is 2.20. The van der Waals surface area contributed by atoms with Gasteiger partial charge in [-0.15, -0.1) is 0 Å². The maximum absolute atomic E-state index is 11.7. The van der Waals surface area contributed by atoms with Crippen molar-refractivity contribution in [1.29, 1.82) is 0 Å². The number of aromatic nitrogens is 5. The van der Waals surface area contributed by atoms with Crippen LogP contribution in [0.1, 0.15) is 35.9 Å². The van der Waals surface area contributed by atoms with Gasteiger partial charge in [-0.25, -0.2) is 14.6 Å². The second-order valence-corrected chi connectivity index (χ2v) is 5.06. The zero-order valence-corrected chi connectivity index (χ0v) is 12.2. The SMILES string of the molecule is CC(=O)c1nn([C@@H](C)c2cccnc2)c2nc(Cl)cnc12. The minimum atomic E-state index is -0.159. The van der Waals surface area contributed by atoms with Gasteiger partial charge in [0.1, 0.15) is 10.7 Å². The number of carbonyl (C=O) groups excluding carboxylic acids is 1. The lowest BCUT2D eigenvalue weighted by Gasteiger charge is -2.12. The summed E-state index contributed by atoms with van der Waals surface area (Å²) in [5, 5.41) is 4.62. The molecule has 21 heavy (non-hydrogen) atoms. The predicted molar refractivity (Wildman–Crippen MR) is 78.4 cm³/mol. The molecule has 3 rings (SSSR count). The maximum atomic E-state index is 11.7. The number of fused-ring (bicyclic) bond motifs is 1. The summed E-state index contributed by atoms with van der Waals surface area (Å²) in [5.74, 6) is -0.159. The lowest BCUT2D eigenvalue weighted by atomic mass is 10.1. The van der Waals surface area contributed by atoms with Crippen molar-refractivity contribution < 1.29 is 4.79 Å². The molecule has 0 unspecified atom stereocenters. The summed E-state index contributed by atoms with van der Waals surface area (Å²) >= 11 is 5.92. The largest absolute Gasteiger partial charge is 0.293 e. The fourth-order valence-corrected chi connectivity index (χ4v) is 2.29. The molecular weight excluding hydrogens is 290 g/mol. The van der Waals surface area contributed by atoms with E-state index in [4.69, 9.17) is 11.6 Å². The molecule has 0 aliphatic rings. The van der Waals surface area contributed by atoms with E-state index in [0.717, 1.165) is 5.56 Å². The van der Waals surface area contributed by atoms with E-state index < -0.39 is 0 Å². The zero-order valence-electron chi connectivity index (χ0n) is 11.5. The Morgan fingerprint density at radius 3 is 2.86 bits per heavy atom. The molecule has 0 fully saturated rings. The smallest absolute Gasteiger partial charge is 0.182 e. The van der Waals surface area contributed by atoms with Crippen LogP contribution in [0.2, 0.25) is 5.15 Å². The van der Waals surface area contributed by atoms with Crippen LogP contribution in [0.3, 0.4) is 0 Å². The summed E-state index contributed by atoms with van der Waals surface area (Å²) in [6.45, 7) is 3.41. The van der Waals surface area contributed by atoms with Gasteiger partial charge in [-0.2, -0.15) is 5.10 Å². The molecule has 7 heteroatoms. The van der Waals surface area contributed by atoms with Crippen molar-refractivity contribution in [2.75, 3.05) is 0 Å². The summed E-state index contributed by atoms with van der Waals surface area (Å²) in [6, 6.07) is 3.65. The van der Waals surface area contributed by atoms with E-state index in [1.807, 2.05) is 19.1 Å². The second-order valence-electron chi connectivity index (χ2n) is 4.68. The van der Waals surface area contributed by atoms with E-state index in [9.17, 15) is 4.79 Å². The number of ketones is 1. The molecule has 3 aromatic heterocycles. The Morgan fingerprint density at radius 1 is 1.38 bits per heavy atom. The average Bonchev–Trinajstić information content (AvgIpc) is 2.86. The van der Waals surface area contributed by atoms with Crippen molar-refractivity contribution in [2.45, 2.75) is 19.9 Å². The second kappa shape index (κ2) is 5.21. The number of carbonyl (C=O) groups is 1. The predicted octanol–water partition coefficient (Wildman–Crippen LogP) is 2.69. The Kier molecular flexibility index (Phi) is 3.39. The molecule has 0 bridgehead atoms. The van der Waals surface area contributed by atoms with Gasteiger partial charge in [0, 0.05) is 19.3 Å². The first-order valence-corrected chi connectivity index (χ1v) is 6.77. The van der Waals surface area contributed by atoms with Gasteiger partial charge in [0.15, 0.2) is 17.1 Å². The highest BCUT2D eigenvalue weighted by molar-refractivity contribution is 6.29. The van der Waals surface area contributed by atoms with Crippen LogP contribution in [-0.2, 0) is 0 Å². The molecule has 0 aliphatic heterocycles. The van der Waals surface area contributed by atoms with Crippen molar-refractivity contribution in [1.82, 2.24) is 24.7 Å². The van der Waals surface area contributed by atoms with Crippen LogP contribution >= 0.6 is 11.6 Å². The van der Waals surface area contributed by atoms with Crippen LogP contribution in [0.5, 0.6) is 0 Å². The molecule has 0 amide bonds. The number of Topliss-reactive ketones (excluding diaryl/α,β-unsaturated/α-hetero) is 1. The molecule has 0 radical (unpaired) electrons. The third-order valence-electron chi connectivity index (χ3n) is 3.24. The summed E-state index contributed by atoms with van der Waals surface area (Å²) in [4.78, 5) is 24.3. The normalized spacial score (nSPS) is 12.5. The van der Waals surface area contributed by atoms with Gasteiger partial charge in [-0.1, -0.05) is 17.7 Å². The van der Waals surface area contributed by atoms with Gasteiger partial charge < -0.3 is 0 Å². The molecule has 0 N–H and O–H groups in total. The van der Waals surface area contributed by atoms with E-state index in [-0.39, 0.29) is 17.0 Å².